The maximum Gasteiger partial charge on any atom is 0.263 e. The van der Waals surface area contributed by atoms with Crippen LogP contribution in [0.2, 0.25) is 0 Å². The van der Waals surface area contributed by atoms with Gasteiger partial charge in [0, 0.05) is 12.1 Å². The molecule has 7 nitrogen and oxygen atoms in total. The molecule has 2 aliphatic rings. The molecule has 1 fully saturated rings. The molecule has 2 atom stereocenters. The SMILES string of the molecule is CCOc1ccc(C2CCCN2C(=O)[C@H](C)N=C2NS(=O)(=O)c3ccccc32)cc1. The molecule has 2 aliphatic heterocycles. The highest BCUT2D eigenvalue weighted by atomic mass is 32.2. The molecule has 0 saturated carbocycles. The summed E-state index contributed by atoms with van der Waals surface area (Å²) in [6.45, 7) is 4.92. The zero-order valence-corrected chi connectivity index (χ0v) is 17.9. The molecule has 1 unspecified atom stereocenters. The summed E-state index contributed by atoms with van der Waals surface area (Å²) in [5.74, 6) is 0.926. The summed E-state index contributed by atoms with van der Waals surface area (Å²) in [6, 6.07) is 13.8. The molecular formula is C22H25N3O4S. The first kappa shape index (κ1) is 20.4. The van der Waals surface area contributed by atoms with Crippen molar-refractivity contribution in [3.63, 3.8) is 0 Å². The second-order valence-corrected chi connectivity index (χ2v) is 9.10. The van der Waals surface area contributed by atoms with E-state index >= 15 is 0 Å². The zero-order chi connectivity index (χ0) is 21.3. The van der Waals surface area contributed by atoms with E-state index in [1.54, 1.807) is 25.1 Å². The normalized spacial score (nSPS) is 21.9. The van der Waals surface area contributed by atoms with Gasteiger partial charge in [0.25, 0.3) is 10.0 Å². The number of carbonyl (C=O) groups excluding carboxylic acids is 1. The Balaban J connectivity index is 1.54. The Morgan fingerprint density at radius 3 is 2.70 bits per heavy atom. The van der Waals surface area contributed by atoms with E-state index in [4.69, 9.17) is 4.74 Å². The van der Waals surface area contributed by atoms with Crippen molar-refractivity contribution in [2.75, 3.05) is 13.2 Å². The first-order chi connectivity index (χ1) is 14.4. The van der Waals surface area contributed by atoms with Crippen molar-refractivity contribution in [3.8, 4) is 5.75 Å². The molecule has 0 aliphatic carbocycles. The first-order valence-corrected chi connectivity index (χ1v) is 11.6. The number of sulfonamides is 1. The van der Waals surface area contributed by atoms with Crippen LogP contribution >= 0.6 is 0 Å². The average molecular weight is 428 g/mol. The number of amidine groups is 1. The molecule has 1 N–H and O–H groups in total. The Bertz CT molecular complexity index is 1080. The second-order valence-electron chi connectivity index (χ2n) is 7.45. The Morgan fingerprint density at radius 1 is 1.23 bits per heavy atom. The summed E-state index contributed by atoms with van der Waals surface area (Å²) >= 11 is 0. The van der Waals surface area contributed by atoms with Crippen molar-refractivity contribution in [1.29, 1.82) is 0 Å². The van der Waals surface area contributed by atoms with Crippen molar-refractivity contribution in [2.24, 2.45) is 4.99 Å². The molecule has 2 aromatic rings. The average Bonchev–Trinajstić information content (AvgIpc) is 3.32. The molecule has 4 rings (SSSR count). The van der Waals surface area contributed by atoms with Crippen LogP contribution in [-0.2, 0) is 14.8 Å². The fraction of sp³-hybridized carbons (Fsp3) is 0.364. The Morgan fingerprint density at radius 2 is 1.97 bits per heavy atom. The maximum absolute atomic E-state index is 13.2. The summed E-state index contributed by atoms with van der Waals surface area (Å²) in [7, 11) is -3.63. The summed E-state index contributed by atoms with van der Waals surface area (Å²) in [4.78, 5) is 19.7. The molecule has 0 bridgehead atoms. The maximum atomic E-state index is 13.2. The van der Waals surface area contributed by atoms with E-state index in [2.05, 4.69) is 9.71 Å². The number of nitrogens with one attached hydrogen (secondary N) is 1. The summed E-state index contributed by atoms with van der Waals surface area (Å²) in [5, 5.41) is 0. The van der Waals surface area contributed by atoms with Crippen molar-refractivity contribution in [1.82, 2.24) is 9.62 Å². The lowest BCUT2D eigenvalue weighted by molar-refractivity contribution is -0.133. The van der Waals surface area contributed by atoms with Gasteiger partial charge in [-0.15, -0.1) is 0 Å². The van der Waals surface area contributed by atoms with Gasteiger partial charge in [-0.25, -0.2) is 8.42 Å². The van der Waals surface area contributed by atoms with E-state index in [1.807, 2.05) is 36.1 Å². The smallest absolute Gasteiger partial charge is 0.263 e. The minimum atomic E-state index is -3.63. The number of likely N-dealkylation sites (tertiary alicyclic amines) is 1. The fourth-order valence-electron chi connectivity index (χ4n) is 4.05. The number of hydrogen-bond donors (Lipinski definition) is 1. The second kappa shape index (κ2) is 8.10. The van der Waals surface area contributed by atoms with Crippen molar-refractivity contribution < 1.29 is 17.9 Å². The minimum Gasteiger partial charge on any atom is -0.494 e. The Labute approximate surface area is 176 Å². The molecule has 1 amide bonds. The highest BCUT2D eigenvalue weighted by molar-refractivity contribution is 7.90. The molecule has 0 radical (unpaired) electrons. The highest BCUT2D eigenvalue weighted by Crippen LogP contribution is 2.33. The van der Waals surface area contributed by atoms with Gasteiger partial charge in [-0.2, -0.15) is 0 Å². The third-order valence-electron chi connectivity index (χ3n) is 5.45. The number of ether oxygens (including phenoxy) is 1. The van der Waals surface area contributed by atoms with Gasteiger partial charge in [-0.3, -0.25) is 14.5 Å². The molecule has 30 heavy (non-hydrogen) atoms. The summed E-state index contributed by atoms with van der Waals surface area (Å²) < 4.78 is 32.5. The van der Waals surface area contributed by atoms with E-state index < -0.39 is 16.1 Å². The Hall–Kier alpha value is -2.87. The predicted octanol–water partition coefficient (Wildman–Crippen LogP) is 2.88. The standard InChI is InChI=1S/C22H25N3O4S/c1-3-29-17-12-10-16(11-13-17)19-8-6-14-25(19)22(26)15(2)23-21-18-7-4-5-9-20(18)30(27,28)24-21/h4-5,7,9-13,15,19H,3,6,8,14H2,1-2H3,(H,23,24)/t15-,19?/m0/s1. The lowest BCUT2D eigenvalue weighted by atomic mass is 10.0. The van der Waals surface area contributed by atoms with Crippen LogP contribution in [0.25, 0.3) is 0 Å². The monoisotopic (exact) mass is 427 g/mol. The van der Waals surface area contributed by atoms with Gasteiger partial charge in [-0.1, -0.05) is 24.3 Å². The predicted molar refractivity (Wildman–Crippen MR) is 114 cm³/mol. The number of hydrogen-bond acceptors (Lipinski definition) is 5. The molecule has 1 saturated heterocycles. The number of rotatable bonds is 5. The van der Waals surface area contributed by atoms with Crippen molar-refractivity contribution in [3.05, 3.63) is 59.7 Å². The summed E-state index contributed by atoms with van der Waals surface area (Å²) in [6.07, 6.45) is 1.81. The zero-order valence-electron chi connectivity index (χ0n) is 17.0. The van der Waals surface area contributed by atoms with Gasteiger partial charge in [0.1, 0.15) is 17.6 Å². The molecule has 0 aromatic heterocycles. The van der Waals surface area contributed by atoms with Crippen molar-refractivity contribution >= 4 is 21.8 Å². The van der Waals surface area contributed by atoms with Gasteiger partial charge in [0.05, 0.1) is 17.5 Å². The van der Waals surface area contributed by atoms with Gasteiger partial charge < -0.3 is 9.64 Å². The van der Waals surface area contributed by atoms with Crippen LogP contribution < -0.4 is 9.46 Å². The van der Waals surface area contributed by atoms with Crippen LogP contribution in [0.1, 0.15) is 43.9 Å². The van der Waals surface area contributed by atoms with E-state index in [9.17, 15) is 13.2 Å². The van der Waals surface area contributed by atoms with Crippen LogP contribution in [0.5, 0.6) is 5.75 Å². The van der Waals surface area contributed by atoms with Gasteiger partial charge in [0.2, 0.25) is 5.91 Å². The van der Waals surface area contributed by atoms with E-state index in [0.29, 0.717) is 18.7 Å². The van der Waals surface area contributed by atoms with Gasteiger partial charge in [-0.05, 0) is 56.5 Å². The van der Waals surface area contributed by atoms with E-state index in [0.717, 1.165) is 24.2 Å². The molecule has 0 spiro atoms. The third-order valence-corrected chi connectivity index (χ3v) is 6.85. The lowest BCUT2D eigenvalue weighted by Crippen LogP contribution is -2.37. The number of nitrogens with zero attached hydrogens (tertiary/aromatic N) is 2. The molecule has 2 aromatic carbocycles. The number of benzene rings is 2. The topological polar surface area (TPSA) is 88.1 Å². The van der Waals surface area contributed by atoms with Crippen molar-refractivity contribution in [2.45, 2.75) is 43.7 Å². The number of amides is 1. The van der Waals surface area contributed by atoms with Crippen LogP contribution in [0, 0.1) is 0 Å². The van der Waals surface area contributed by atoms with Crippen LogP contribution in [0.4, 0.5) is 0 Å². The minimum absolute atomic E-state index is 0.0108. The molecule has 158 valence electrons. The summed E-state index contributed by atoms with van der Waals surface area (Å²) in [5.41, 5.74) is 1.57. The quantitative estimate of drug-likeness (QED) is 0.795. The fourth-order valence-corrected chi connectivity index (χ4v) is 5.29. The highest BCUT2D eigenvalue weighted by Gasteiger charge is 2.35. The number of aliphatic imine (C=N–C) groups is 1. The molecule has 2 heterocycles. The van der Waals surface area contributed by atoms with Crippen LogP contribution in [0.15, 0.2) is 58.4 Å². The van der Waals surface area contributed by atoms with Gasteiger partial charge in [0.15, 0.2) is 0 Å². The van der Waals surface area contributed by atoms with Crippen LogP contribution in [-0.4, -0.2) is 44.3 Å². The van der Waals surface area contributed by atoms with Gasteiger partial charge >= 0.3 is 0 Å². The first-order valence-electron chi connectivity index (χ1n) is 10.1. The largest absolute Gasteiger partial charge is 0.494 e. The third kappa shape index (κ3) is 3.79. The van der Waals surface area contributed by atoms with E-state index in [-0.39, 0.29) is 22.7 Å². The molecule has 8 heteroatoms. The lowest BCUT2D eigenvalue weighted by Gasteiger charge is -2.27. The number of fused-ring (bicyclic) bond motifs is 1. The Kier molecular flexibility index (Phi) is 5.51. The van der Waals surface area contributed by atoms with E-state index in [1.165, 1.54) is 6.07 Å². The molecular weight excluding hydrogens is 402 g/mol. The number of carbonyl (C=O) groups is 1. The van der Waals surface area contributed by atoms with Crippen LogP contribution in [0.3, 0.4) is 0 Å².